The molecular weight excluding hydrogens is 461 g/mol. The maximum Gasteiger partial charge on any atom is 0.323 e. The monoisotopic (exact) mass is 473 g/mol. The smallest absolute Gasteiger partial charge is 0.323 e. The zero-order valence-electron chi connectivity index (χ0n) is 12.8. The van der Waals surface area contributed by atoms with Gasteiger partial charge in [-0.1, -0.05) is 31.9 Å². The Hall–Kier alpha value is -1.97. The number of aliphatic hydroxyl groups is 1. The van der Waals surface area contributed by atoms with E-state index in [-0.39, 0.29) is 24.4 Å². The molecule has 2 aromatic carbocycles. The predicted molar refractivity (Wildman–Crippen MR) is 100 cm³/mol. The summed E-state index contributed by atoms with van der Waals surface area (Å²) in [6.07, 6.45) is 0. The summed E-state index contributed by atoms with van der Waals surface area (Å²) in [4.78, 5) is 24.2. The van der Waals surface area contributed by atoms with Gasteiger partial charge in [-0.2, -0.15) is 0 Å². The van der Waals surface area contributed by atoms with Gasteiger partial charge in [0, 0.05) is 21.2 Å². The van der Waals surface area contributed by atoms with Gasteiger partial charge in [0.25, 0.3) is 5.91 Å². The summed E-state index contributed by atoms with van der Waals surface area (Å²) in [5.41, 5.74) is 0.601. The van der Waals surface area contributed by atoms with Crippen molar-refractivity contribution in [1.82, 2.24) is 5.32 Å². The Labute approximate surface area is 160 Å². The molecule has 3 amide bonds. The first kappa shape index (κ1) is 19.4. The highest BCUT2D eigenvalue weighted by Crippen LogP contribution is 2.24. The number of nitrogens with one attached hydrogen (secondary N) is 3. The Morgan fingerprint density at radius 1 is 1.04 bits per heavy atom. The minimum absolute atomic E-state index is 0.0157. The summed E-state index contributed by atoms with van der Waals surface area (Å²) in [5, 5.41) is 16.3. The van der Waals surface area contributed by atoms with E-state index in [0.717, 1.165) is 21.1 Å². The number of hydrogen-bond donors (Lipinski definition) is 4. The lowest BCUT2D eigenvalue weighted by atomic mass is 10.1. The molecule has 2 rings (SSSR count). The third-order valence-corrected chi connectivity index (χ3v) is 3.91. The molecule has 0 saturated heterocycles. The van der Waals surface area contributed by atoms with Gasteiger partial charge in [0.05, 0.1) is 17.9 Å². The summed E-state index contributed by atoms with van der Waals surface area (Å²) in [7, 11) is 0. The number of aliphatic hydroxyl groups excluding tert-OH is 1. The molecule has 6 nitrogen and oxygen atoms in total. The van der Waals surface area contributed by atoms with Crippen LogP contribution in [0.5, 0.6) is 0 Å². The van der Waals surface area contributed by atoms with Crippen molar-refractivity contribution in [3.63, 3.8) is 0 Å². The molecule has 2 aromatic rings. The fourth-order valence-electron chi connectivity index (χ4n) is 1.99. The van der Waals surface area contributed by atoms with Crippen LogP contribution in [0.4, 0.5) is 20.6 Å². The van der Waals surface area contributed by atoms with Crippen molar-refractivity contribution >= 4 is 55.2 Å². The van der Waals surface area contributed by atoms with E-state index in [9.17, 15) is 14.0 Å². The Kier molecular flexibility index (Phi) is 6.91. The Morgan fingerprint density at radius 2 is 1.72 bits per heavy atom. The highest BCUT2D eigenvalue weighted by Gasteiger charge is 2.14. The van der Waals surface area contributed by atoms with Crippen molar-refractivity contribution in [3.8, 4) is 0 Å². The number of halogens is 3. The largest absolute Gasteiger partial charge is 0.395 e. The summed E-state index contributed by atoms with van der Waals surface area (Å²) < 4.78 is 15.0. The Morgan fingerprint density at radius 3 is 2.36 bits per heavy atom. The number of hydrogen-bond acceptors (Lipinski definition) is 3. The van der Waals surface area contributed by atoms with Crippen molar-refractivity contribution in [2.24, 2.45) is 0 Å². The Balaban J connectivity index is 2.16. The predicted octanol–water partition coefficient (Wildman–Crippen LogP) is 3.72. The zero-order valence-corrected chi connectivity index (χ0v) is 15.9. The van der Waals surface area contributed by atoms with E-state index in [4.69, 9.17) is 5.11 Å². The quantitative estimate of drug-likeness (QED) is 0.532. The van der Waals surface area contributed by atoms with E-state index in [1.807, 2.05) is 0 Å². The molecule has 9 heteroatoms. The van der Waals surface area contributed by atoms with Crippen LogP contribution in [-0.2, 0) is 0 Å². The second-order valence-electron chi connectivity index (χ2n) is 4.91. The fraction of sp³-hybridized carbons (Fsp3) is 0.125. The van der Waals surface area contributed by atoms with Crippen LogP contribution in [0.25, 0.3) is 0 Å². The van der Waals surface area contributed by atoms with Crippen LogP contribution in [0.15, 0.2) is 45.3 Å². The summed E-state index contributed by atoms with van der Waals surface area (Å²) >= 11 is 6.62. The highest BCUT2D eigenvalue weighted by atomic mass is 79.9. The molecule has 132 valence electrons. The van der Waals surface area contributed by atoms with Gasteiger partial charge in [-0.3, -0.25) is 4.79 Å². The van der Waals surface area contributed by atoms with E-state index < -0.39 is 17.8 Å². The lowest BCUT2D eigenvalue weighted by molar-refractivity contribution is 0.0945. The standard InChI is InChI=1S/C16H14Br2FN3O3/c17-9-5-10(18)7-12(6-9)21-16(25)22-14-8-11(19)1-2-13(14)15(24)20-3-4-23/h1-2,5-8,23H,3-4H2,(H,20,24)(H2,21,22,25). The van der Waals surface area contributed by atoms with Crippen LogP contribution in [0, 0.1) is 5.82 Å². The lowest BCUT2D eigenvalue weighted by Crippen LogP contribution is -2.28. The molecule has 0 atom stereocenters. The number of benzene rings is 2. The first-order valence-electron chi connectivity index (χ1n) is 7.12. The van der Waals surface area contributed by atoms with Crippen LogP contribution in [-0.4, -0.2) is 30.2 Å². The van der Waals surface area contributed by atoms with Crippen molar-refractivity contribution < 1.29 is 19.1 Å². The van der Waals surface area contributed by atoms with Crippen LogP contribution in [0.1, 0.15) is 10.4 Å². The van der Waals surface area contributed by atoms with Gasteiger partial charge in [-0.05, 0) is 36.4 Å². The second kappa shape index (κ2) is 8.93. The van der Waals surface area contributed by atoms with Gasteiger partial charge >= 0.3 is 6.03 Å². The molecule has 0 fully saturated rings. The zero-order chi connectivity index (χ0) is 18.4. The molecule has 0 aliphatic rings. The average molecular weight is 475 g/mol. The molecule has 0 aliphatic heterocycles. The summed E-state index contributed by atoms with van der Waals surface area (Å²) in [6, 6.07) is 7.96. The number of amides is 3. The van der Waals surface area contributed by atoms with Gasteiger partial charge in [0.15, 0.2) is 0 Å². The fourth-order valence-corrected chi connectivity index (χ4v) is 3.29. The number of carbonyl (C=O) groups excluding carboxylic acids is 2. The number of anilines is 2. The normalized spacial score (nSPS) is 10.2. The van der Waals surface area contributed by atoms with Crippen molar-refractivity contribution in [1.29, 1.82) is 0 Å². The van der Waals surface area contributed by atoms with E-state index >= 15 is 0 Å². The third-order valence-electron chi connectivity index (χ3n) is 2.99. The highest BCUT2D eigenvalue weighted by molar-refractivity contribution is 9.11. The lowest BCUT2D eigenvalue weighted by Gasteiger charge is -2.12. The molecule has 0 radical (unpaired) electrons. The van der Waals surface area contributed by atoms with E-state index in [1.54, 1.807) is 18.2 Å². The first-order chi connectivity index (χ1) is 11.9. The molecule has 0 spiro atoms. The molecule has 0 unspecified atom stereocenters. The second-order valence-corrected chi connectivity index (χ2v) is 6.74. The van der Waals surface area contributed by atoms with Crippen LogP contribution in [0.2, 0.25) is 0 Å². The maximum atomic E-state index is 13.5. The number of rotatable bonds is 5. The number of urea groups is 1. The molecule has 0 bridgehead atoms. The van der Waals surface area contributed by atoms with Gasteiger partial charge < -0.3 is 21.1 Å². The molecule has 25 heavy (non-hydrogen) atoms. The molecule has 0 aromatic heterocycles. The van der Waals surface area contributed by atoms with E-state index in [0.29, 0.717) is 5.69 Å². The molecule has 0 aliphatic carbocycles. The van der Waals surface area contributed by atoms with E-state index in [1.165, 1.54) is 6.07 Å². The topological polar surface area (TPSA) is 90.5 Å². The maximum absolute atomic E-state index is 13.5. The van der Waals surface area contributed by atoms with Crippen molar-refractivity contribution in [2.75, 3.05) is 23.8 Å². The van der Waals surface area contributed by atoms with Gasteiger partial charge in [0.1, 0.15) is 5.82 Å². The molecule has 0 heterocycles. The first-order valence-corrected chi connectivity index (χ1v) is 8.70. The minimum atomic E-state index is -0.633. The van der Waals surface area contributed by atoms with Gasteiger partial charge in [-0.25, -0.2) is 9.18 Å². The summed E-state index contributed by atoms with van der Waals surface area (Å²) in [6.45, 7) is -0.179. The minimum Gasteiger partial charge on any atom is -0.395 e. The van der Waals surface area contributed by atoms with Crippen LogP contribution >= 0.6 is 31.9 Å². The SMILES string of the molecule is O=C(Nc1cc(Br)cc(Br)c1)Nc1cc(F)ccc1C(=O)NCCO. The van der Waals surface area contributed by atoms with Crippen molar-refractivity contribution in [2.45, 2.75) is 0 Å². The summed E-state index contributed by atoms with van der Waals surface area (Å²) in [5.74, 6) is -1.13. The van der Waals surface area contributed by atoms with Crippen molar-refractivity contribution in [3.05, 3.63) is 56.7 Å². The van der Waals surface area contributed by atoms with Crippen LogP contribution < -0.4 is 16.0 Å². The third kappa shape index (κ3) is 5.80. The van der Waals surface area contributed by atoms with Crippen LogP contribution in [0.3, 0.4) is 0 Å². The molecular formula is C16H14Br2FN3O3. The Bertz CT molecular complexity index is 782. The molecule has 0 saturated carbocycles. The van der Waals surface area contributed by atoms with E-state index in [2.05, 4.69) is 47.8 Å². The van der Waals surface area contributed by atoms with Gasteiger partial charge in [0.2, 0.25) is 0 Å². The molecule has 4 N–H and O–H groups in total. The number of carbonyl (C=O) groups is 2. The van der Waals surface area contributed by atoms with Gasteiger partial charge in [-0.15, -0.1) is 0 Å². The average Bonchev–Trinajstić information content (AvgIpc) is 2.51.